The van der Waals surface area contributed by atoms with Gasteiger partial charge in [0.15, 0.2) is 5.69 Å². The number of carboxylic acid groups (broad SMARTS) is 1. The lowest BCUT2D eigenvalue weighted by Gasteiger charge is -2.30. The number of aromatic nitrogens is 5. The standard InChI is InChI=1S/C25H29ClN6O3/c1-5-32-20-11-25(3,4)9-8-16(20)21(29-32)22-28-24(30-35-22)31-13-18(26)17-10-15(6-7-19(17)31)12-27-14(2)23(33)34/h6-7,10,13-14,27H,5,8-9,11-12H2,1-4H3,(H,33,34). The topological polar surface area (TPSA) is 111 Å². The maximum absolute atomic E-state index is 11.1. The Morgan fingerprint density at radius 3 is 2.91 bits per heavy atom. The number of fused-ring (bicyclic) bond motifs is 2. The van der Waals surface area contributed by atoms with Gasteiger partial charge in [0, 0.05) is 35.9 Å². The number of hydrogen-bond donors (Lipinski definition) is 2. The molecule has 1 unspecified atom stereocenters. The van der Waals surface area contributed by atoms with Crippen LogP contribution in [0.3, 0.4) is 0 Å². The molecule has 0 spiro atoms. The largest absolute Gasteiger partial charge is 0.480 e. The molecule has 9 nitrogen and oxygen atoms in total. The van der Waals surface area contributed by atoms with Crippen LogP contribution in [0.25, 0.3) is 28.4 Å². The summed E-state index contributed by atoms with van der Waals surface area (Å²) >= 11 is 6.54. The molecule has 1 aliphatic carbocycles. The van der Waals surface area contributed by atoms with Gasteiger partial charge in [-0.3, -0.25) is 14.0 Å². The highest BCUT2D eigenvalue weighted by Crippen LogP contribution is 2.39. The van der Waals surface area contributed by atoms with E-state index in [9.17, 15) is 4.79 Å². The third kappa shape index (κ3) is 4.34. The van der Waals surface area contributed by atoms with Crippen molar-refractivity contribution in [2.75, 3.05) is 0 Å². The molecule has 35 heavy (non-hydrogen) atoms. The van der Waals surface area contributed by atoms with Crippen LogP contribution in [0, 0.1) is 5.41 Å². The molecule has 10 heteroatoms. The average Bonchev–Trinajstić information content (AvgIpc) is 3.52. The van der Waals surface area contributed by atoms with E-state index in [-0.39, 0.29) is 5.41 Å². The number of nitrogens with one attached hydrogen (secondary N) is 1. The van der Waals surface area contributed by atoms with Gasteiger partial charge in [-0.15, -0.1) is 0 Å². The maximum atomic E-state index is 11.1. The van der Waals surface area contributed by atoms with Gasteiger partial charge in [0.2, 0.25) is 0 Å². The Balaban J connectivity index is 1.46. The van der Waals surface area contributed by atoms with E-state index < -0.39 is 12.0 Å². The fourth-order valence-electron chi connectivity index (χ4n) is 4.71. The van der Waals surface area contributed by atoms with E-state index in [1.165, 1.54) is 11.3 Å². The summed E-state index contributed by atoms with van der Waals surface area (Å²) in [5.41, 5.74) is 5.23. The summed E-state index contributed by atoms with van der Waals surface area (Å²) in [6, 6.07) is 5.16. The molecular formula is C25H29ClN6O3. The molecule has 0 bridgehead atoms. The Hall–Kier alpha value is -3.17. The number of carbonyl (C=O) groups is 1. The molecule has 0 fully saturated rings. The van der Waals surface area contributed by atoms with Crippen LogP contribution >= 0.6 is 11.6 Å². The van der Waals surface area contributed by atoms with Gasteiger partial charge >= 0.3 is 5.97 Å². The molecule has 3 aromatic heterocycles. The number of halogens is 1. The number of aliphatic carboxylic acids is 1. The summed E-state index contributed by atoms with van der Waals surface area (Å²) in [5.74, 6) is -0.0975. The Labute approximate surface area is 208 Å². The molecule has 0 saturated carbocycles. The summed E-state index contributed by atoms with van der Waals surface area (Å²) in [6.07, 6.45) is 4.76. The van der Waals surface area contributed by atoms with E-state index in [1.807, 2.05) is 18.2 Å². The van der Waals surface area contributed by atoms with Gasteiger partial charge in [-0.2, -0.15) is 10.1 Å². The number of benzene rings is 1. The van der Waals surface area contributed by atoms with Gasteiger partial charge in [-0.05, 0) is 61.4 Å². The number of nitrogens with zero attached hydrogens (tertiary/aromatic N) is 5. The van der Waals surface area contributed by atoms with E-state index in [2.05, 4.69) is 40.9 Å². The molecule has 2 N–H and O–H groups in total. The first kappa shape index (κ1) is 23.6. The van der Waals surface area contributed by atoms with Crippen LogP contribution in [0.5, 0.6) is 0 Å². The quantitative estimate of drug-likeness (QED) is 0.383. The van der Waals surface area contributed by atoms with Crippen LogP contribution in [0.2, 0.25) is 5.02 Å². The normalized spacial score (nSPS) is 15.9. The lowest BCUT2D eigenvalue weighted by Crippen LogP contribution is -2.33. The molecule has 3 heterocycles. The lowest BCUT2D eigenvalue weighted by molar-refractivity contribution is -0.139. The van der Waals surface area contributed by atoms with Crippen molar-refractivity contribution in [3.05, 3.63) is 46.2 Å². The molecule has 4 aromatic rings. The van der Waals surface area contributed by atoms with Crippen molar-refractivity contribution in [1.82, 2.24) is 29.8 Å². The minimum atomic E-state index is -0.892. The van der Waals surface area contributed by atoms with E-state index in [4.69, 9.17) is 26.3 Å². The predicted molar refractivity (Wildman–Crippen MR) is 133 cm³/mol. The second-order valence-electron chi connectivity index (χ2n) is 9.97. The monoisotopic (exact) mass is 496 g/mol. The van der Waals surface area contributed by atoms with Gasteiger partial charge in [0.25, 0.3) is 11.8 Å². The van der Waals surface area contributed by atoms with Gasteiger partial charge in [-0.25, -0.2) is 0 Å². The summed E-state index contributed by atoms with van der Waals surface area (Å²) in [5, 5.41) is 22.5. The van der Waals surface area contributed by atoms with Crippen molar-refractivity contribution < 1.29 is 14.4 Å². The van der Waals surface area contributed by atoms with Gasteiger partial charge < -0.3 is 14.9 Å². The molecule has 1 aliphatic rings. The zero-order chi connectivity index (χ0) is 24.9. The molecule has 0 saturated heterocycles. The Morgan fingerprint density at radius 2 is 2.17 bits per heavy atom. The van der Waals surface area contributed by atoms with E-state index >= 15 is 0 Å². The maximum Gasteiger partial charge on any atom is 0.320 e. The molecule has 5 rings (SSSR count). The molecule has 1 aromatic carbocycles. The third-order valence-corrected chi connectivity index (χ3v) is 7.10. The summed E-state index contributed by atoms with van der Waals surface area (Å²) in [4.78, 5) is 15.7. The van der Waals surface area contributed by atoms with Crippen molar-refractivity contribution >= 4 is 28.5 Å². The van der Waals surface area contributed by atoms with Crippen molar-refractivity contribution in [1.29, 1.82) is 0 Å². The first-order valence-corrected chi connectivity index (χ1v) is 12.2. The second kappa shape index (κ2) is 8.80. The molecule has 0 radical (unpaired) electrons. The minimum absolute atomic E-state index is 0.248. The minimum Gasteiger partial charge on any atom is -0.480 e. The van der Waals surface area contributed by atoms with Crippen molar-refractivity contribution in [2.24, 2.45) is 5.41 Å². The lowest BCUT2D eigenvalue weighted by atomic mass is 9.76. The third-order valence-electron chi connectivity index (χ3n) is 6.80. The summed E-state index contributed by atoms with van der Waals surface area (Å²) in [6.45, 7) is 9.50. The molecule has 0 amide bonds. The van der Waals surface area contributed by atoms with E-state index in [1.54, 1.807) is 17.7 Å². The van der Waals surface area contributed by atoms with Gasteiger partial charge in [-0.1, -0.05) is 31.5 Å². The van der Waals surface area contributed by atoms with Crippen LogP contribution in [-0.2, 0) is 30.7 Å². The van der Waals surface area contributed by atoms with Crippen LogP contribution in [0.4, 0.5) is 0 Å². The Morgan fingerprint density at radius 1 is 1.37 bits per heavy atom. The SMILES string of the molecule is CCn1nc(-c2nc(-n3cc(Cl)c4cc(CNC(C)C(=O)O)ccc43)no2)c2c1CC(C)(C)CC2. The summed E-state index contributed by atoms with van der Waals surface area (Å²) < 4.78 is 9.54. The highest BCUT2D eigenvalue weighted by molar-refractivity contribution is 6.35. The number of hydrogen-bond acceptors (Lipinski definition) is 6. The predicted octanol–water partition coefficient (Wildman–Crippen LogP) is 4.63. The van der Waals surface area contributed by atoms with Crippen molar-refractivity contribution in [2.45, 2.75) is 66.1 Å². The fraction of sp³-hybridized carbons (Fsp3) is 0.440. The molecular weight excluding hydrogens is 468 g/mol. The van der Waals surface area contributed by atoms with E-state index in [0.717, 1.165) is 48.0 Å². The highest BCUT2D eigenvalue weighted by atomic mass is 35.5. The average molecular weight is 497 g/mol. The molecule has 184 valence electrons. The fourth-order valence-corrected chi connectivity index (χ4v) is 4.96. The zero-order valence-electron chi connectivity index (χ0n) is 20.3. The first-order chi connectivity index (χ1) is 16.7. The Kier molecular flexibility index (Phi) is 5.93. The zero-order valence-corrected chi connectivity index (χ0v) is 21.1. The van der Waals surface area contributed by atoms with Crippen LogP contribution < -0.4 is 5.32 Å². The van der Waals surface area contributed by atoms with Gasteiger partial charge in [0.05, 0.1) is 10.5 Å². The van der Waals surface area contributed by atoms with Crippen LogP contribution in [-0.4, -0.2) is 41.6 Å². The number of aryl methyl sites for hydroxylation is 1. The number of rotatable bonds is 7. The smallest absolute Gasteiger partial charge is 0.320 e. The number of carboxylic acids is 1. The van der Waals surface area contributed by atoms with Crippen LogP contribution in [0.1, 0.15) is 50.9 Å². The first-order valence-electron chi connectivity index (χ1n) is 11.9. The highest BCUT2D eigenvalue weighted by Gasteiger charge is 2.32. The molecule has 1 atom stereocenters. The van der Waals surface area contributed by atoms with Crippen molar-refractivity contribution in [3.63, 3.8) is 0 Å². The van der Waals surface area contributed by atoms with Gasteiger partial charge in [0.1, 0.15) is 6.04 Å². The van der Waals surface area contributed by atoms with Crippen LogP contribution in [0.15, 0.2) is 28.9 Å². The summed E-state index contributed by atoms with van der Waals surface area (Å²) in [7, 11) is 0. The van der Waals surface area contributed by atoms with E-state index in [0.29, 0.717) is 23.4 Å². The second-order valence-corrected chi connectivity index (χ2v) is 10.4. The molecule has 0 aliphatic heterocycles. The van der Waals surface area contributed by atoms with Crippen molar-refractivity contribution in [3.8, 4) is 17.5 Å². The Bertz CT molecular complexity index is 1420.